The van der Waals surface area contributed by atoms with Crippen molar-refractivity contribution in [3.8, 4) is 0 Å². The predicted octanol–water partition coefficient (Wildman–Crippen LogP) is 2.12. The molecule has 23 heavy (non-hydrogen) atoms. The van der Waals surface area contributed by atoms with E-state index in [1.807, 2.05) is 30.3 Å². The molecule has 1 unspecified atom stereocenters. The molecular formula is C17H18N2O4. The largest absolute Gasteiger partial charge is 0.468 e. The Kier molecular flexibility index (Phi) is 5.41. The molecule has 1 aromatic carbocycles. The van der Waals surface area contributed by atoms with Crippen molar-refractivity contribution in [2.24, 2.45) is 11.0 Å². The zero-order valence-electron chi connectivity index (χ0n) is 13.0. The number of anilines is 1. The Bertz CT molecular complexity index is 677. The van der Waals surface area contributed by atoms with Crippen LogP contribution in [0.2, 0.25) is 0 Å². The van der Waals surface area contributed by atoms with Crippen molar-refractivity contribution >= 4 is 28.9 Å². The van der Waals surface area contributed by atoms with Gasteiger partial charge in [0.05, 0.1) is 24.9 Å². The minimum atomic E-state index is -0.906. The van der Waals surface area contributed by atoms with E-state index in [2.05, 4.69) is 10.5 Å². The number of nitrogens with one attached hydrogen (secondary N) is 1. The lowest BCUT2D eigenvalue weighted by Gasteiger charge is -2.19. The Morgan fingerprint density at radius 3 is 2.57 bits per heavy atom. The molecule has 6 nitrogen and oxygen atoms in total. The molecule has 0 amide bonds. The number of benzene rings is 1. The van der Waals surface area contributed by atoms with Gasteiger partial charge in [-0.05, 0) is 19.1 Å². The van der Waals surface area contributed by atoms with Gasteiger partial charge in [0.1, 0.15) is 11.7 Å². The van der Waals surface area contributed by atoms with Crippen molar-refractivity contribution in [3.63, 3.8) is 0 Å². The summed E-state index contributed by atoms with van der Waals surface area (Å²) < 4.78 is 4.79. The first-order valence-corrected chi connectivity index (χ1v) is 7.21. The number of esters is 1. The van der Waals surface area contributed by atoms with Gasteiger partial charge in [0, 0.05) is 12.0 Å². The van der Waals surface area contributed by atoms with Gasteiger partial charge >= 0.3 is 5.97 Å². The van der Waals surface area contributed by atoms with Crippen LogP contribution < -0.4 is 5.43 Å². The third-order valence-corrected chi connectivity index (χ3v) is 3.53. The van der Waals surface area contributed by atoms with Crippen molar-refractivity contribution in [3.05, 3.63) is 42.0 Å². The highest BCUT2D eigenvalue weighted by Gasteiger charge is 2.33. The molecule has 1 aliphatic rings. The number of carbonyl (C=O) groups is 3. The highest BCUT2D eigenvalue weighted by Crippen LogP contribution is 2.23. The summed E-state index contributed by atoms with van der Waals surface area (Å²) in [5.74, 6) is -1.99. The molecule has 6 heteroatoms. The van der Waals surface area contributed by atoms with Gasteiger partial charge in [-0.25, -0.2) is 0 Å². The molecule has 1 atom stereocenters. The van der Waals surface area contributed by atoms with Crippen LogP contribution in [0.15, 0.2) is 47.1 Å². The van der Waals surface area contributed by atoms with E-state index >= 15 is 0 Å². The quantitative estimate of drug-likeness (QED) is 0.389. The lowest BCUT2D eigenvalue weighted by atomic mass is 9.85. The fourth-order valence-electron chi connectivity index (χ4n) is 2.34. The molecule has 0 saturated carbocycles. The minimum absolute atomic E-state index is 0.147. The fraction of sp³-hybridized carbons (Fsp3) is 0.294. The van der Waals surface area contributed by atoms with E-state index in [1.54, 1.807) is 6.92 Å². The van der Waals surface area contributed by atoms with Gasteiger partial charge in [-0.2, -0.15) is 5.10 Å². The average molecular weight is 314 g/mol. The lowest BCUT2D eigenvalue weighted by Crippen LogP contribution is -2.32. The van der Waals surface area contributed by atoms with Crippen molar-refractivity contribution in [1.29, 1.82) is 0 Å². The molecule has 1 aliphatic carbocycles. The molecule has 0 heterocycles. The number of hydrogen-bond acceptors (Lipinski definition) is 6. The molecule has 0 aliphatic heterocycles. The summed E-state index contributed by atoms with van der Waals surface area (Å²) in [7, 11) is 1.26. The number of allylic oxidation sites excluding steroid dienone is 1. The number of hydrazone groups is 1. The summed E-state index contributed by atoms with van der Waals surface area (Å²) in [6.45, 7) is 1.64. The van der Waals surface area contributed by atoms with E-state index in [1.165, 1.54) is 13.2 Å². The normalized spacial score (nSPS) is 16.6. The molecule has 120 valence electrons. The number of ether oxygens (including phenoxy) is 1. The number of methoxy groups -OCH3 is 1. The fourth-order valence-corrected chi connectivity index (χ4v) is 2.34. The van der Waals surface area contributed by atoms with Crippen molar-refractivity contribution in [1.82, 2.24) is 0 Å². The zero-order valence-corrected chi connectivity index (χ0v) is 13.0. The molecular weight excluding hydrogens is 296 g/mol. The van der Waals surface area contributed by atoms with Crippen LogP contribution in [-0.4, -0.2) is 30.4 Å². The molecule has 1 aromatic rings. The number of hydrogen-bond donors (Lipinski definition) is 1. The van der Waals surface area contributed by atoms with Gasteiger partial charge in [-0.3, -0.25) is 19.8 Å². The summed E-state index contributed by atoms with van der Waals surface area (Å²) in [6.07, 6.45) is 1.46. The number of Topliss-reactive ketones (excluding diaryl/α,β-unsaturated/α-hetero) is 2. The van der Waals surface area contributed by atoms with Crippen molar-refractivity contribution in [2.45, 2.75) is 19.8 Å². The zero-order chi connectivity index (χ0) is 16.8. The van der Waals surface area contributed by atoms with Crippen molar-refractivity contribution < 1.29 is 19.1 Å². The Balaban J connectivity index is 2.26. The maximum Gasteiger partial charge on any atom is 0.319 e. The van der Waals surface area contributed by atoms with E-state index < -0.39 is 11.9 Å². The number of para-hydroxylation sites is 1. The molecule has 0 saturated heterocycles. The highest BCUT2D eigenvalue weighted by atomic mass is 16.5. The minimum Gasteiger partial charge on any atom is -0.468 e. The number of nitrogens with zero attached hydrogens (tertiary/aromatic N) is 1. The summed E-state index contributed by atoms with van der Waals surface area (Å²) in [4.78, 5) is 35.5. The first-order chi connectivity index (χ1) is 11.0. The Hall–Kier alpha value is -2.76. The molecule has 1 N–H and O–H groups in total. The van der Waals surface area contributed by atoms with Crippen LogP contribution in [0.4, 0.5) is 5.69 Å². The van der Waals surface area contributed by atoms with Gasteiger partial charge < -0.3 is 4.74 Å². The van der Waals surface area contributed by atoms with Gasteiger partial charge in [0.15, 0.2) is 5.78 Å². The summed E-state index contributed by atoms with van der Waals surface area (Å²) in [6, 6.07) is 9.23. The molecule has 0 fully saturated rings. The Labute approximate surface area is 134 Å². The van der Waals surface area contributed by atoms with E-state index in [-0.39, 0.29) is 30.0 Å². The average Bonchev–Trinajstić information content (AvgIpc) is 2.56. The molecule has 0 bridgehead atoms. The third kappa shape index (κ3) is 4.12. The second-order valence-electron chi connectivity index (χ2n) is 5.19. The Morgan fingerprint density at radius 1 is 1.26 bits per heavy atom. The van der Waals surface area contributed by atoms with Gasteiger partial charge in [-0.15, -0.1) is 0 Å². The van der Waals surface area contributed by atoms with Gasteiger partial charge in [-0.1, -0.05) is 24.3 Å². The van der Waals surface area contributed by atoms with E-state index in [0.29, 0.717) is 5.71 Å². The van der Waals surface area contributed by atoms with Crippen LogP contribution >= 0.6 is 0 Å². The summed E-state index contributed by atoms with van der Waals surface area (Å²) in [5.41, 5.74) is 4.27. The first-order valence-electron chi connectivity index (χ1n) is 7.21. The maximum absolute atomic E-state index is 12.1. The maximum atomic E-state index is 12.1. The standard InChI is InChI=1S/C17H18N2O4/c1-11(18-19-12-6-4-3-5-7-12)16(17(22)23-2)14-9-8-13(20)10-15(14)21/h3-7,9,16,19H,8,10H2,1-2H3. The first kappa shape index (κ1) is 16.6. The number of carbonyl (C=O) groups excluding carboxylic acids is 3. The topological polar surface area (TPSA) is 84.8 Å². The lowest BCUT2D eigenvalue weighted by molar-refractivity contribution is -0.143. The molecule has 0 aromatic heterocycles. The van der Waals surface area contributed by atoms with Crippen LogP contribution in [0.5, 0.6) is 0 Å². The second-order valence-corrected chi connectivity index (χ2v) is 5.19. The smallest absolute Gasteiger partial charge is 0.319 e. The van der Waals surface area contributed by atoms with Crippen LogP contribution in [0, 0.1) is 5.92 Å². The van der Waals surface area contributed by atoms with Crippen LogP contribution in [0.3, 0.4) is 0 Å². The van der Waals surface area contributed by atoms with Crippen molar-refractivity contribution in [2.75, 3.05) is 12.5 Å². The van der Waals surface area contributed by atoms with E-state index in [4.69, 9.17) is 4.74 Å². The summed E-state index contributed by atoms with van der Waals surface area (Å²) in [5, 5.41) is 4.18. The SMILES string of the molecule is COC(=O)C(C1=CCC(=O)CC1=O)C(C)=NNc1ccccc1. The van der Waals surface area contributed by atoms with E-state index in [0.717, 1.165) is 5.69 Å². The molecule has 2 rings (SSSR count). The highest BCUT2D eigenvalue weighted by molar-refractivity contribution is 6.18. The second kappa shape index (κ2) is 7.49. The summed E-state index contributed by atoms with van der Waals surface area (Å²) >= 11 is 0. The Morgan fingerprint density at radius 2 is 1.96 bits per heavy atom. The van der Waals surface area contributed by atoms with Crippen LogP contribution in [0.1, 0.15) is 19.8 Å². The number of rotatable bonds is 5. The van der Waals surface area contributed by atoms with E-state index in [9.17, 15) is 14.4 Å². The molecule has 0 spiro atoms. The predicted molar refractivity (Wildman–Crippen MR) is 86.0 cm³/mol. The van der Waals surface area contributed by atoms with Gasteiger partial charge in [0.25, 0.3) is 0 Å². The van der Waals surface area contributed by atoms with Crippen LogP contribution in [-0.2, 0) is 19.1 Å². The van der Waals surface area contributed by atoms with Crippen LogP contribution in [0.25, 0.3) is 0 Å². The molecule has 0 radical (unpaired) electrons. The monoisotopic (exact) mass is 314 g/mol. The third-order valence-electron chi connectivity index (χ3n) is 3.53. The van der Waals surface area contributed by atoms with Gasteiger partial charge in [0.2, 0.25) is 0 Å². The number of ketones is 2.